The first-order valence-corrected chi connectivity index (χ1v) is 10.7. The third-order valence-electron chi connectivity index (χ3n) is 5.86. The number of β-amino-alcohol motifs (C(OH)–C–C–N with tert-alkyl or cyclic N) is 1. The quantitative estimate of drug-likeness (QED) is 0.470. The number of methoxy groups -OCH3 is 1. The lowest BCUT2D eigenvalue weighted by atomic mass is 10.1. The summed E-state index contributed by atoms with van der Waals surface area (Å²) in [5.41, 5.74) is 3.36. The van der Waals surface area contributed by atoms with E-state index in [2.05, 4.69) is 30.5 Å². The number of rotatable bonds is 6. The zero-order chi connectivity index (χ0) is 21.2. The van der Waals surface area contributed by atoms with Crippen LogP contribution in [0.3, 0.4) is 0 Å². The molecule has 31 heavy (non-hydrogen) atoms. The van der Waals surface area contributed by atoms with Gasteiger partial charge in [-0.15, -0.1) is 0 Å². The summed E-state index contributed by atoms with van der Waals surface area (Å²) in [5, 5.41) is 16.7. The van der Waals surface area contributed by atoms with Crippen molar-refractivity contribution in [3.63, 3.8) is 0 Å². The Bertz CT molecular complexity index is 1050. The monoisotopic (exact) mass is 426 g/mol. The number of aromatic nitrogens is 4. The first-order valence-electron chi connectivity index (χ1n) is 10.7. The van der Waals surface area contributed by atoms with Crippen LogP contribution < -0.4 is 25.3 Å². The van der Waals surface area contributed by atoms with Crippen LogP contribution >= 0.6 is 0 Å². The molecular formula is C21H28N7O3+. The average Bonchev–Trinajstić information content (AvgIpc) is 3.44. The van der Waals surface area contributed by atoms with Crippen LogP contribution in [0.2, 0.25) is 0 Å². The van der Waals surface area contributed by atoms with Crippen molar-refractivity contribution in [1.82, 2.24) is 15.0 Å². The molecule has 1 atom stereocenters. The number of nitrogens with zero attached hydrogens (tertiary/aromatic N) is 3. The maximum absolute atomic E-state index is 9.83. The number of hydrogen-bond acceptors (Lipinski definition) is 8. The molecule has 2 saturated heterocycles. The van der Waals surface area contributed by atoms with Crippen molar-refractivity contribution in [2.75, 3.05) is 48.9 Å². The number of ether oxygens (including phenoxy) is 2. The lowest BCUT2D eigenvalue weighted by molar-refractivity contribution is -0.347. The summed E-state index contributed by atoms with van der Waals surface area (Å²) in [6.45, 7) is 2.98. The lowest BCUT2D eigenvalue weighted by Gasteiger charge is -2.23. The highest BCUT2D eigenvalue weighted by Crippen LogP contribution is 2.33. The number of nitrogens with one attached hydrogen (secondary N) is 4. The second kappa shape index (κ2) is 8.56. The second-order valence-corrected chi connectivity index (χ2v) is 7.98. The van der Waals surface area contributed by atoms with Gasteiger partial charge in [-0.25, -0.2) is 4.98 Å². The Morgan fingerprint density at radius 1 is 1.26 bits per heavy atom. The van der Waals surface area contributed by atoms with Crippen molar-refractivity contribution in [3.8, 4) is 5.75 Å². The van der Waals surface area contributed by atoms with Crippen LogP contribution in [0.4, 0.5) is 23.1 Å². The Kier molecular flexibility index (Phi) is 5.47. The van der Waals surface area contributed by atoms with E-state index in [1.807, 2.05) is 18.2 Å². The number of benzene rings is 1. The SMILES string of the molecule is COc1cc(N2CC[C@H](O)C2)ccc1Nc1nc(NC2CCOCC2)c2[nH]c[nH+]c2n1. The van der Waals surface area contributed by atoms with Crippen molar-refractivity contribution in [2.24, 2.45) is 0 Å². The number of aliphatic hydroxyl groups is 1. The number of anilines is 4. The molecule has 2 aliphatic heterocycles. The maximum Gasteiger partial charge on any atom is 0.307 e. The van der Waals surface area contributed by atoms with Gasteiger partial charge in [-0.05, 0) is 31.4 Å². The molecule has 0 radical (unpaired) electrons. The maximum atomic E-state index is 9.83. The number of hydrogen-bond donors (Lipinski definition) is 4. The van der Waals surface area contributed by atoms with Crippen LogP contribution in [0.5, 0.6) is 5.75 Å². The van der Waals surface area contributed by atoms with E-state index in [9.17, 15) is 5.11 Å². The molecule has 0 aliphatic carbocycles. The first kappa shape index (κ1) is 19.8. The van der Waals surface area contributed by atoms with Crippen LogP contribution in [0.1, 0.15) is 19.3 Å². The highest BCUT2D eigenvalue weighted by molar-refractivity contribution is 5.82. The summed E-state index contributed by atoms with van der Waals surface area (Å²) in [6.07, 6.45) is 4.14. The summed E-state index contributed by atoms with van der Waals surface area (Å²) < 4.78 is 11.1. The molecule has 2 aromatic heterocycles. The molecule has 2 fully saturated rings. The molecule has 0 bridgehead atoms. The smallest absolute Gasteiger partial charge is 0.307 e. The van der Waals surface area contributed by atoms with Crippen LogP contribution in [0.15, 0.2) is 24.5 Å². The third kappa shape index (κ3) is 4.21. The Morgan fingerprint density at radius 3 is 2.90 bits per heavy atom. The number of fused-ring (bicyclic) bond motifs is 1. The number of imidazole rings is 1. The van der Waals surface area contributed by atoms with Crippen molar-refractivity contribution in [3.05, 3.63) is 24.5 Å². The molecule has 10 heteroatoms. The van der Waals surface area contributed by atoms with Gasteiger partial charge < -0.3 is 30.1 Å². The fraction of sp³-hybridized carbons (Fsp3) is 0.476. The molecule has 164 valence electrons. The first-order chi connectivity index (χ1) is 15.2. The van der Waals surface area contributed by atoms with Gasteiger partial charge in [-0.2, -0.15) is 4.98 Å². The van der Waals surface area contributed by atoms with Gasteiger partial charge in [-0.1, -0.05) is 4.98 Å². The van der Waals surface area contributed by atoms with Gasteiger partial charge in [0.05, 0.1) is 18.9 Å². The van der Waals surface area contributed by atoms with Crippen LogP contribution in [0, 0.1) is 0 Å². The van der Waals surface area contributed by atoms with E-state index >= 15 is 0 Å². The van der Waals surface area contributed by atoms with Crippen molar-refractivity contribution >= 4 is 34.3 Å². The average molecular weight is 427 g/mol. The molecule has 5 rings (SSSR count). The summed E-state index contributed by atoms with van der Waals surface area (Å²) in [4.78, 5) is 17.8. The molecule has 0 spiro atoms. The highest BCUT2D eigenvalue weighted by Gasteiger charge is 2.23. The molecule has 3 aromatic rings. The molecule has 0 saturated carbocycles. The van der Waals surface area contributed by atoms with E-state index in [4.69, 9.17) is 14.5 Å². The highest BCUT2D eigenvalue weighted by atomic mass is 16.5. The van der Waals surface area contributed by atoms with Crippen LogP contribution in [-0.4, -0.2) is 65.6 Å². The van der Waals surface area contributed by atoms with Crippen molar-refractivity contribution in [1.29, 1.82) is 0 Å². The lowest BCUT2D eigenvalue weighted by Crippen LogP contribution is -2.28. The van der Waals surface area contributed by atoms with E-state index in [0.717, 1.165) is 61.7 Å². The molecular weight excluding hydrogens is 398 g/mol. The van der Waals surface area contributed by atoms with Crippen LogP contribution in [0.25, 0.3) is 11.2 Å². The minimum atomic E-state index is -0.275. The van der Waals surface area contributed by atoms with Crippen molar-refractivity contribution < 1.29 is 19.6 Å². The molecule has 0 unspecified atom stereocenters. The van der Waals surface area contributed by atoms with Gasteiger partial charge >= 0.3 is 11.6 Å². The largest absolute Gasteiger partial charge is 0.494 e. The van der Waals surface area contributed by atoms with Gasteiger partial charge in [0, 0.05) is 44.1 Å². The molecule has 1 aromatic carbocycles. The fourth-order valence-electron chi connectivity index (χ4n) is 4.15. The van der Waals surface area contributed by atoms with Crippen LogP contribution in [-0.2, 0) is 4.74 Å². The number of H-pyrrole nitrogens is 2. The Morgan fingerprint density at radius 2 is 2.13 bits per heavy atom. The van der Waals surface area contributed by atoms with Gasteiger partial charge in [0.2, 0.25) is 5.52 Å². The molecule has 10 nitrogen and oxygen atoms in total. The van der Waals surface area contributed by atoms with Gasteiger partial charge in [0.25, 0.3) is 0 Å². The Hall–Kier alpha value is -3.11. The Balaban J connectivity index is 1.40. The van der Waals surface area contributed by atoms with E-state index in [-0.39, 0.29) is 6.10 Å². The minimum Gasteiger partial charge on any atom is -0.494 e. The molecule has 5 N–H and O–H groups in total. The van der Waals surface area contributed by atoms with Gasteiger partial charge in [-0.3, -0.25) is 4.98 Å². The normalized spacial score (nSPS) is 19.7. The van der Waals surface area contributed by atoms with E-state index in [1.165, 1.54) is 0 Å². The summed E-state index contributed by atoms with van der Waals surface area (Å²) in [5.74, 6) is 1.92. The third-order valence-corrected chi connectivity index (χ3v) is 5.86. The fourth-order valence-corrected chi connectivity index (χ4v) is 4.15. The zero-order valence-corrected chi connectivity index (χ0v) is 17.5. The standard InChI is InChI=1S/C21H27N7O3/c1-30-17-10-14(28-7-4-15(29)11-28)2-3-16(17)25-21-26-19-18(22-12-23-19)20(27-21)24-13-5-8-31-9-6-13/h2-3,10,12-13,15,29H,4-9,11H2,1H3,(H3,22,23,24,25,26,27)/p+1/t15-/m0/s1. The predicted molar refractivity (Wildman–Crippen MR) is 117 cm³/mol. The van der Waals surface area contributed by atoms with Crippen molar-refractivity contribution in [2.45, 2.75) is 31.4 Å². The summed E-state index contributed by atoms with van der Waals surface area (Å²) >= 11 is 0. The zero-order valence-electron chi connectivity index (χ0n) is 17.5. The van der Waals surface area contributed by atoms with E-state index < -0.39 is 0 Å². The molecule has 2 aliphatic rings. The van der Waals surface area contributed by atoms with E-state index in [0.29, 0.717) is 29.9 Å². The van der Waals surface area contributed by atoms with Gasteiger partial charge in [0.1, 0.15) is 5.75 Å². The molecule has 0 amide bonds. The Labute approximate surface area is 180 Å². The minimum absolute atomic E-state index is 0.275. The second-order valence-electron chi connectivity index (χ2n) is 7.98. The topological polar surface area (TPSA) is 122 Å². The molecule has 4 heterocycles. The van der Waals surface area contributed by atoms with Gasteiger partial charge in [0.15, 0.2) is 12.1 Å². The predicted octanol–water partition coefficient (Wildman–Crippen LogP) is 1.69. The summed E-state index contributed by atoms with van der Waals surface area (Å²) in [6, 6.07) is 6.26. The summed E-state index contributed by atoms with van der Waals surface area (Å²) in [7, 11) is 1.64. The van der Waals surface area contributed by atoms with E-state index in [1.54, 1.807) is 13.4 Å². The number of aliphatic hydroxyl groups excluding tert-OH is 1. The number of aromatic amines is 2.